The molecule has 226 valence electrons. The highest BCUT2D eigenvalue weighted by atomic mass is 16.6. The van der Waals surface area contributed by atoms with Crippen molar-refractivity contribution in [1.82, 2.24) is 15.5 Å². The molecular weight excluding hydrogens is 512 g/mol. The number of nitrogens with one attached hydrogen (secondary N) is 2. The highest BCUT2D eigenvalue weighted by molar-refractivity contribution is 5.92. The number of nitrogens with two attached hydrogens (primary N) is 1. The number of aromatic hydroxyl groups is 1. The van der Waals surface area contributed by atoms with Crippen molar-refractivity contribution in [3.63, 3.8) is 0 Å². The van der Waals surface area contributed by atoms with E-state index in [1.54, 1.807) is 39.8 Å². The van der Waals surface area contributed by atoms with Crippen LogP contribution in [-0.2, 0) is 19.1 Å². The summed E-state index contributed by atoms with van der Waals surface area (Å²) in [6, 6.07) is 2.53. The molecule has 0 aliphatic heterocycles. The predicted molar refractivity (Wildman–Crippen MR) is 156 cm³/mol. The van der Waals surface area contributed by atoms with E-state index in [1.807, 2.05) is 13.8 Å². The summed E-state index contributed by atoms with van der Waals surface area (Å²) in [7, 11) is 0. The molecule has 0 bridgehead atoms. The van der Waals surface area contributed by atoms with Gasteiger partial charge in [-0.05, 0) is 77.1 Å². The number of hydrogen-bond acceptors (Lipinski definition) is 6. The van der Waals surface area contributed by atoms with Crippen LogP contribution in [0.4, 0.5) is 4.79 Å². The Kier molecular flexibility index (Phi) is 14.5. The molecule has 3 unspecified atom stereocenters. The van der Waals surface area contributed by atoms with E-state index in [4.69, 9.17) is 10.5 Å². The van der Waals surface area contributed by atoms with Gasteiger partial charge in [-0.15, -0.1) is 0 Å². The molecule has 0 saturated heterocycles. The van der Waals surface area contributed by atoms with Gasteiger partial charge >= 0.3 is 6.09 Å². The van der Waals surface area contributed by atoms with E-state index in [0.29, 0.717) is 17.5 Å². The Morgan fingerprint density at radius 2 is 1.70 bits per heavy atom. The number of carbonyl (C=O) groups is 4. The standard InChI is InChI=1S/C30H50N4O6/c1-8-10-11-12-18-34(28(38)23(15-17-25(31)36)33-29(39)40-30(5,6)7)26(27(37)32-21(4)13-9-2)22-14-16-24(35)20(3)19-22/h14,16,19,21,23,26,35H,8-13,15,17-18H2,1-7H3,(H2,31,36)(H,32,37)(H,33,39). The fraction of sp³-hybridized carbons (Fsp3) is 0.667. The van der Waals surface area contributed by atoms with Crippen LogP contribution in [0.2, 0.25) is 0 Å². The third-order valence-electron chi connectivity index (χ3n) is 6.41. The second kappa shape index (κ2) is 16.7. The van der Waals surface area contributed by atoms with Gasteiger partial charge in [0.05, 0.1) is 0 Å². The lowest BCUT2D eigenvalue weighted by molar-refractivity contribution is -0.143. The van der Waals surface area contributed by atoms with Crippen molar-refractivity contribution >= 4 is 23.8 Å². The highest BCUT2D eigenvalue weighted by Gasteiger charge is 2.36. The minimum atomic E-state index is -1.14. The fourth-order valence-electron chi connectivity index (χ4n) is 4.42. The summed E-state index contributed by atoms with van der Waals surface area (Å²) in [4.78, 5) is 53.8. The molecule has 1 aromatic carbocycles. The molecular formula is C30H50N4O6. The number of ether oxygens (including phenoxy) is 1. The number of benzene rings is 1. The number of carbonyl (C=O) groups excluding carboxylic acids is 4. The first kappa shape index (κ1) is 34.7. The molecule has 0 spiro atoms. The van der Waals surface area contributed by atoms with Gasteiger partial charge in [0.1, 0.15) is 23.4 Å². The molecule has 0 aromatic heterocycles. The van der Waals surface area contributed by atoms with Gasteiger partial charge in [-0.3, -0.25) is 14.4 Å². The summed E-state index contributed by atoms with van der Waals surface area (Å²) in [6.07, 6.45) is 4.09. The van der Waals surface area contributed by atoms with Crippen molar-refractivity contribution in [1.29, 1.82) is 0 Å². The molecule has 0 heterocycles. The van der Waals surface area contributed by atoms with Crippen molar-refractivity contribution in [3.8, 4) is 5.75 Å². The molecule has 0 aliphatic carbocycles. The lowest BCUT2D eigenvalue weighted by atomic mass is 9.98. The third kappa shape index (κ3) is 12.3. The Hall–Kier alpha value is -3.30. The summed E-state index contributed by atoms with van der Waals surface area (Å²) in [5.74, 6) is -1.41. The van der Waals surface area contributed by atoms with Gasteiger partial charge in [-0.1, -0.05) is 45.6 Å². The van der Waals surface area contributed by atoms with Gasteiger partial charge < -0.3 is 31.1 Å². The zero-order valence-corrected chi connectivity index (χ0v) is 25.3. The number of phenols is 1. The van der Waals surface area contributed by atoms with Crippen LogP contribution in [0.15, 0.2) is 18.2 Å². The Morgan fingerprint density at radius 3 is 2.25 bits per heavy atom. The maximum Gasteiger partial charge on any atom is 0.408 e. The molecule has 0 radical (unpaired) electrons. The third-order valence-corrected chi connectivity index (χ3v) is 6.41. The van der Waals surface area contributed by atoms with Crippen LogP contribution in [0, 0.1) is 6.92 Å². The maximum atomic E-state index is 14.2. The molecule has 10 nitrogen and oxygen atoms in total. The average Bonchev–Trinajstić information content (AvgIpc) is 2.84. The zero-order valence-electron chi connectivity index (χ0n) is 25.3. The second-order valence-electron chi connectivity index (χ2n) is 11.4. The van der Waals surface area contributed by atoms with E-state index in [2.05, 4.69) is 17.6 Å². The summed E-state index contributed by atoms with van der Waals surface area (Å²) in [5, 5.41) is 15.8. The highest BCUT2D eigenvalue weighted by Crippen LogP contribution is 2.28. The van der Waals surface area contributed by atoms with Gasteiger partial charge in [0.25, 0.3) is 0 Å². The number of amides is 4. The Labute approximate surface area is 239 Å². The average molecular weight is 563 g/mol. The number of hydrogen-bond donors (Lipinski definition) is 4. The minimum Gasteiger partial charge on any atom is -0.508 e. The minimum absolute atomic E-state index is 0.0476. The van der Waals surface area contributed by atoms with Gasteiger partial charge in [0, 0.05) is 19.0 Å². The van der Waals surface area contributed by atoms with Crippen molar-refractivity contribution in [2.45, 2.75) is 124 Å². The fourth-order valence-corrected chi connectivity index (χ4v) is 4.42. The number of unbranched alkanes of at least 4 members (excludes halogenated alkanes) is 3. The molecule has 0 saturated carbocycles. The topological polar surface area (TPSA) is 151 Å². The first-order valence-corrected chi connectivity index (χ1v) is 14.4. The molecule has 10 heteroatoms. The van der Waals surface area contributed by atoms with Crippen LogP contribution in [0.1, 0.15) is 110 Å². The molecule has 3 atom stereocenters. The number of nitrogens with zero attached hydrogens (tertiary/aromatic N) is 1. The van der Waals surface area contributed by atoms with Gasteiger partial charge in [-0.25, -0.2) is 4.79 Å². The number of aryl methyl sites for hydroxylation is 1. The van der Waals surface area contributed by atoms with Crippen molar-refractivity contribution in [3.05, 3.63) is 29.3 Å². The van der Waals surface area contributed by atoms with Crippen molar-refractivity contribution in [2.75, 3.05) is 6.54 Å². The maximum absolute atomic E-state index is 14.2. The van der Waals surface area contributed by atoms with Crippen LogP contribution in [0.3, 0.4) is 0 Å². The second-order valence-corrected chi connectivity index (χ2v) is 11.4. The molecule has 40 heavy (non-hydrogen) atoms. The van der Waals surface area contributed by atoms with Crippen LogP contribution < -0.4 is 16.4 Å². The van der Waals surface area contributed by atoms with Crippen molar-refractivity contribution in [2.24, 2.45) is 5.73 Å². The number of phenolic OH excluding ortho intramolecular Hbond substituents is 1. The van der Waals surface area contributed by atoms with Gasteiger partial charge in [0.2, 0.25) is 17.7 Å². The van der Waals surface area contributed by atoms with Crippen LogP contribution in [0.5, 0.6) is 5.75 Å². The molecule has 4 amide bonds. The Balaban J connectivity index is 3.57. The quantitative estimate of drug-likeness (QED) is 0.216. The Morgan fingerprint density at radius 1 is 1.02 bits per heavy atom. The van der Waals surface area contributed by atoms with Gasteiger partial charge in [-0.2, -0.15) is 0 Å². The van der Waals surface area contributed by atoms with Crippen LogP contribution >= 0.6 is 0 Å². The summed E-state index contributed by atoms with van der Waals surface area (Å²) < 4.78 is 5.37. The summed E-state index contributed by atoms with van der Waals surface area (Å²) in [5.41, 5.74) is 5.67. The zero-order chi connectivity index (χ0) is 30.5. The number of rotatable bonds is 16. The van der Waals surface area contributed by atoms with E-state index >= 15 is 0 Å². The first-order chi connectivity index (χ1) is 18.7. The predicted octanol–water partition coefficient (Wildman–Crippen LogP) is 4.61. The SMILES string of the molecule is CCCCCCN(C(=O)C(CCC(N)=O)NC(=O)OC(C)(C)C)C(C(=O)NC(C)CCC)c1ccc(O)c(C)c1. The largest absolute Gasteiger partial charge is 0.508 e. The first-order valence-electron chi connectivity index (χ1n) is 14.4. The lowest BCUT2D eigenvalue weighted by Crippen LogP contribution is -2.54. The summed E-state index contributed by atoms with van der Waals surface area (Å²) in [6.45, 7) is 13.1. The Bertz CT molecular complexity index is 991. The van der Waals surface area contributed by atoms with Gasteiger partial charge in [0.15, 0.2) is 0 Å². The monoisotopic (exact) mass is 562 g/mol. The molecule has 1 aromatic rings. The number of primary amides is 1. The smallest absolute Gasteiger partial charge is 0.408 e. The normalized spacial score (nSPS) is 13.6. The van der Waals surface area contributed by atoms with Crippen molar-refractivity contribution < 1.29 is 29.0 Å². The molecule has 0 fully saturated rings. The lowest BCUT2D eigenvalue weighted by Gasteiger charge is -2.35. The van der Waals surface area contributed by atoms with Crippen LogP contribution in [0.25, 0.3) is 0 Å². The summed E-state index contributed by atoms with van der Waals surface area (Å²) >= 11 is 0. The number of alkyl carbamates (subject to hydrolysis) is 1. The van der Waals surface area contributed by atoms with Crippen LogP contribution in [-0.4, -0.2) is 58.1 Å². The molecule has 5 N–H and O–H groups in total. The molecule has 1 rings (SSSR count). The van der Waals surface area contributed by atoms with E-state index < -0.39 is 35.6 Å². The molecule has 0 aliphatic rings. The van der Waals surface area contributed by atoms with E-state index in [9.17, 15) is 24.3 Å². The van der Waals surface area contributed by atoms with E-state index in [1.165, 1.54) is 11.0 Å². The van der Waals surface area contributed by atoms with E-state index in [-0.39, 0.29) is 37.1 Å². The van der Waals surface area contributed by atoms with E-state index in [0.717, 1.165) is 32.1 Å².